The van der Waals surface area contributed by atoms with Crippen LogP contribution in [-0.4, -0.2) is 26.0 Å². The van der Waals surface area contributed by atoms with Gasteiger partial charge in [-0.05, 0) is 18.2 Å². The smallest absolute Gasteiger partial charge is 0.328 e. The Kier molecular flexibility index (Phi) is 3.60. The lowest BCUT2D eigenvalue weighted by atomic mass is 10.3. The van der Waals surface area contributed by atoms with Crippen molar-refractivity contribution in [2.75, 3.05) is 0 Å². The Morgan fingerprint density at radius 3 is 2.67 bits per heavy atom. The van der Waals surface area contributed by atoms with Gasteiger partial charge in [-0.1, -0.05) is 0 Å². The molecule has 2 heterocycles. The molecule has 6 nitrogen and oxygen atoms in total. The van der Waals surface area contributed by atoms with Gasteiger partial charge in [-0.2, -0.15) is 0 Å². The fraction of sp³-hybridized carbons (Fsp3) is 0. The maximum atomic E-state index is 10.3. The van der Waals surface area contributed by atoms with Gasteiger partial charge < -0.3 is 9.84 Å². The van der Waals surface area contributed by atoms with E-state index in [1.54, 1.807) is 24.5 Å². The van der Waals surface area contributed by atoms with E-state index in [4.69, 9.17) is 9.84 Å². The van der Waals surface area contributed by atoms with Crippen LogP contribution >= 0.6 is 0 Å². The van der Waals surface area contributed by atoms with Crippen molar-refractivity contribution in [1.29, 1.82) is 0 Å². The molecule has 0 unspecified atom stereocenters. The Hall–Kier alpha value is -2.76. The Labute approximate surface area is 103 Å². The highest BCUT2D eigenvalue weighted by Crippen LogP contribution is 2.15. The van der Waals surface area contributed by atoms with Crippen LogP contribution in [0.1, 0.15) is 5.56 Å². The van der Waals surface area contributed by atoms with Crippen molar-refractivity contribution in [2.45, 2.75) is 0 Å². The van der Waals surface area contributed by atoms with E-state index in [-0.39, 0.29) is 6.01 Å². The highest BCUT2D eigenvalue weighted by atomic mass is 16.5. The summed E-state index contributed by atoms with van der Waals surface area (Å²) in [4.78, 5) is 22.1. The van der Waals surface area contributed by atoms with Crippen molar-refractivity contribution in [3.8, 4) is 11.8 Å². The summed E-state index contributed by atoms with van der Waals surface area (Å²) in [5.74, 6) is -0.489. The number of carboxylic acids is 1. The first kappa shape index (κ1) is 11.7. The molecule has 2 aromatic heterocycles. The molecule has 18 heavy (non-hydrogen) atoms. The van der Waals surface area contributed by atoms with Gasteiger partial charge in [-0.3, -0.25) is 4.98 Å². The standard InChI is InChI=1S/C12H9N3O3/c16-11(17)4-3-9-6-14-12(15-7-9)18-10-2-1-5-13-8-10/h1-8H,(H,16,17)/b4-3+. The average molecular weight is 243 g/mol. The molecule has 1 N–H and O–H groups in total. The minimum atomic E-state index is -1.02. The van der Waals surface area contributed by atoms with Crippen molar-refractivity contribution < 1.29 is 14.6 Å². The lowest BCUT2D eigenvalue weighted by Gasteiger charge is -2.02. The van der Waals surface area contributed by atoms with Crippen LogP contribution < -0.4 is 4.74 Å². The highest BCUT2D eigenvalue weighted by molar-refractivity contribution is 5.85. The van der Waals surface area contributed by atoms with Gasteiger partial charge in [0.25, 0.3) is 0 Å². The molecule has 0 spiro atoms. The molecule has 0 aliphatic carbocycles. The molecule has 0 fully saturated rings. The summed E-state index contributed by atoms with van der Waals surface area (Å²) >= 11 is 0. The van der Waals surface area contributed by atoms with E-state index in [1.165, 1.54) is 18.5 Å². The van der Waals surface area contributed by atoms with E-state index in [2.05, 4.69) is 15.0 Å². The third-order valence-electron chi connectivity index (χ3n) is 1.91. The Morgan fingerprint density at radius 2 is 2.06 bits per heavy atom. The monoisotopic (exact) mass is 243 g/mol. The Morgan fingerprint density at radius 1 is 1.28 bits per heavy atom. The second-order valence-corrected chi connectivity index (χ2v) is 3.26. The summed E-state index contributed by atoms with van der Waals surface area (Å²) in [6.45, 7) is 0. The molecule has 0 radical (unpaired) electrons. The molecule has 6 heteroatoms. The van der Waals surface area contributed by atoms with Gasteiger partial charge in [0.2, 0.25) is 0 Å². The first-order chi connectivity index (χ1) is 8.74. The lowest BCUT2D eigenvalue weighted by Crippen LogP contribution is -1.92. The summed E-state index contributed by atoms with van der Waals surface area (Å²) in [5.41, 5.74) is 0.580. The van der Waals surface area contributed by atoms with E-state index in [9.17, 15) is 4.79 Å². The quantitative estimate of drug-likeness (QED) is 0.823. The third-order valence-corrected chi connectivity index (χ3v) is 1.91. The molecule has 2 rings (SSSR count). The van der Waals surface area contributed by atoms with Crippen molar-refractivity contribution >= 4 is 12.0 Å². The molecule has 0 aliphatic rings. The largest absolute Gasteiger partial charge is 0.478 e. The van der Waals surface area contributed by atoms with Crippen LogP contribution in [0.2, 0.25) is 0 Å². The molecule has 0 saturated carbocycles. The summed E-state index contributed by atoms with van der Waals surface area (Å²) in [5, 5.41) is 8.46. The minimum Gasteiger partial charge on any atom is -0.478 e. The molecular weight excluding hydrogens is 234 g/mol. The fourth-order valence-electron chi connectivity index (χ4n) is 1.15. The third kappa shape index (κ3) is 3.38. The molecule has 2 aromatic rings. The van der Waals surface area contributed by atoms with E-state index in [1.807, 2.05) is 0 Å². The number of hydrogen-bond donors (Lipinski definition) is 1. The van der Waals surface area contributed by atoms with Crippen molar-refractivity contribution in [2.24, 2.45) is 0 Å². The van der Waals surface area contributed by atoms with Crippen LogP contribution in [0.15, 0.2) is 43.0 Å². The summed E-state index contributed by atoms with van der Waals surface area (Å²) < 4.78 is 5.33. The van der Waals surface area contributed by atoms with E-state index >= 15 is 0 Å². The molecule has 0 amide bonds. The molecule has 0 aromatic carbocycles. The van der Waals surface area contributed by atoms with Gasteiger partial charge in [0.15, 0.2) is 0 Å². The van der Waals surface area contributed by atoms with Gasteiger partial charge >= 0.3 is 12.0 Å². The maximum Gasteiger partial charge on any atom is 0.328 e. The van der Waals surface area contributed by atoms with Crippen molar-refractivity contribution in [3.63, 3.8) is 0 Å². The zero-order valence-corrected chi connectivity index (χ0v) is 9.22. The van der Waals surface area contributed by atoms with E-state index < -0.39 is 5.97 Å². The number of ether oxygens (including phenoxy) is 1. The van der Waals surface area contributed by atoms with E-state index in [0.29, 0.717) is 11.3 Å². The molecule has 0 saturated heterocycles. The zero-order chi connectivity index (χ0) is 12.8. The number of aliphatic carboxylic acids is 1. The van der Waals surface area contributed by atoms with Gasteiger partial charge in [0.05, 0.1) is 6.20 Å². The zero-order valence-electron chi connectivity index (χ0n) is 9.22. The summed E-state index contributed by atoms with van der Waals surface area (Å²) in [6.07, 6.45) is 8.53. The SMILES string of the molecule is O=C(O)/C=C/c1cnc(Oc2cccnc2)nc1. The number of carbonyl (C=O) groups is 1. The van der Waals surface area contributed by atoms with Crippen LogP contribution in [0.3, 0.4) is 0 Å². The molecular formula is C12H9N3O3. The maximum absolute atomic E-state index is 10.3. The van der Waals surface area contributed by atoms with Crippen LogP contribution in [0.5, 0.6) is 11.8 Å². The second-order valence-electron chi connectivity index (χ2n) is 3.26. The number of aromatic nitrogens is 3. The first-order valence-corrected chi connectivity index (χ1v) is 5.05. The van der Waals surface area contributed by atoms with Crippen molar-refractivity contribution in [3.05, 3.63) is 48.6 Å². The number of rotatable bonds is 4. The minimum absolute atomic E-state index is 0.176. The highest BCUT2D eigenvalue weighted by Gasteiger charge is 1.99. The predicted octanol–water partition coefficient (Wildman–Crippen LogP) is 1.76. The number of carboxylic acid groups (broad SMARTS) is 1. The van der Waals surface area contributed by atoms with Crippen LogP contribution in [-0.2, 0) is 4.79 Å². The average Bonchev–Trinajstić information content (AvgIpc) is 2.39. The Bertz CT molecular complexity index is 553. The first-order valence-electron chi connectivity index (χ1n) is 5.05. The molecule has 0 aliphatic heterocycles. The van der Waals surface area contributed by atoms with Gasteiger partial charge in [-0.15, -0.1) is 0 Å². The van der Waals surface area contributed by atoms with Gasteiger partial charge in [-0.25, -0.2) is 14.8 Å². The topological polar surface area (TPSA) is 85.2 Å². The molecule has 0 atom stereocenters. The number of pyridine rings is 1. The van der Waals surface area contributed by atoms with Crippen LogP contribution in [0, 0.1) is 0 Å². The van der Waals surface area contributed by atoms with E-state index in [0.717, 1.165) is 6.08 Å². The van der Waals surface area contributed by atoms with Crippen LogP contribution in [0.25, 0.3) is 6.08 Å². The normalized spacial score (nSPS) is 10.4. The number of hydrogen-bond acceptors (Lipinski definition) is 5. The lowest BCUT2D eigenvalue weighted by molar-refractivity contribution is -0.131. The number of nitrogens with zero attached hydrogens (tertiary/aromatic N) is 3. The van der Waals surface area contributed by atoms with Crippen LogP contribution in [0.4, 0.5) is 0 Å². The van der Waals surface area contributed by atoms with Gasteiger partial charge in [0.1, 0.15) is 5.75 Å². The molecule has 0 bridgehead atoms. The second kappa shape index (κ2) is 5.53. The fourth-order valence-corrected chi connectivity index (χ4v) is 1.15. The van der Waals surface area contributed by atoms with Crippen molar-refractivity contribution in [1.82, 2.24) is 15.0 Å². The molecule has 90 valence electrons. The predicted molar refractivity (Wildman–Crippen MR) is 63.0 cm³/mol. The van der Waals surface area contributed by atoms with Gasteiger partial charge in [0, 0.05) is 30.2 Å². The summed E-state index contributed by atoms with van der Waals surface area (Å²) in [6, 6.07) is 3.64. The summed E-state index contributed by atoms with van der Waals surface area (Å²) in [7, 11) is 0. The Balaban J connectivity index is 2.06.